The van der Waals surface area contributed by atoms with Gasteiger partial charge in [0.2, 0.25) is 0 Å². The van der Waals surface area contributed by atoms with Gasteiger partial charge in [-0.1, -0.05) is 12.2 Å². The highest BCUT2D eigenvalue weighted by Crippen LogP contribution is 2.40. The van der Waals surface area contributed by atoms with E-state index in [2.05, 4.69) is 12.2 Å². The molecule has 0 bridgehead atoms. The van der Waals surface area contributed by atoms with Crippen LogP contribution >= 0.6 is 0 Å². The Kier molecular flexibility index (Phi) is 7.49. The van der Waals surface area contributed by atoms with E-state index in [1.54, 1.807) is 0 Å². The minimum absolute atomic E-state index is 0.241. The molecule has 0 radical (unpaired) electrons. The number of hydrogen-bond donors (Lipinski definition) is 2. The molecule has 0 aromatic heterocycles. The highest BCUT2D eigenvalue weighted by atomic mass is 16.5. The summed E-state index contributed by atoms with van der Waals surface area (Å²) >= 11 is 0. The second kappa shape index (κ2) is 10.1. The third-order valence-corrected chi connectivity index (χ3v) is 7.93. The van der Waals surface area contributed by atoms with Gasteiger partial charge in [0, 0.05) is 12.1 Å². The van der Waals surface area contributed by atoms with Gasteiger partial charge >= 0.3 is 0 Å². The molecular weight excluding hydrogens is 348 g/mol. The van der Waals surface area contributed by atoms with Gasteiger partial charge in [0.15, 0.2) is 0 Å². The fraction of sp³-hybridized carbons (Fsp3) is 0.917. The normalized spacial score (nSPS) is 45.1. The van der Waals surface area contributed by atoms with Crippen LogP contribution in [0.25, 0.3) is 0 Å². The van der Waals surface area contributed by atoms with E-state index < -0.39 is 0 Å². The predicted octanol–water partition coefficient (Wildman–Crippen LogP) is 4.45. The Bertz CT molecular complexity index is 487. The third-order valence-electron chi connectivity index (χ3n) is 7.93. The van der Waals surface area contributed by atoms with E-state index in [0.717, 1.165) is 37.5 Å². The first-order chi connectivity index (χ1) is 13.7. The van der Waals surface area contributed by atoms with Gasteiger partial charge in [-0.05, 0) is 102 Å². The molecule has 4 heteroatoms. The van der Waals surface area contributed by atoms with Gasteiger partial charge in [-0.15, -0.1) is 0 Å². The smallest absolute Gasteiger partial charge is 0.0760 e. The van der Waals surface area contributed by atoms with Crippen LogP contribution in [-0.2, 0) is 9.47 Å². The first kappa shape index (κ1) is 20.8. The summed E-state index contributed by atoms with van der Waals surface area (Å²) in [4.78, 5) is 0. The van der Waals surface area contributed by atoms with Gasteiger partial charge in [-0.2, -0.15) is 0 Å². The molecule has 0 amide bonds. The predicted molar refractivity (Wildman–Crippen MR) is 114 cm³/mol. The lowest BCUT2D eigenvalue weighted by Gasteiger charge is -2.39. The lowest BCUT2D eigenvalue weighted by molar-refractivity contribution is -0.0617. The molecule has 0 spiro atoms. The van der Waals surface area contributed by atoms with E-state index in [1.807, 2.05) is 0 Å². The Labute approximate surface area is 171 Å². The van der Waals surface area contributed by atoms with Gasteiger partial charge in [0.05, 0.1) is 24.4 Å². The minimum atomic E-state index is 0.241. The Balaban J connectivity index is 1.13. The third kappa shape index (κ3) is 5.81. The molecule has 3 fully saturated rings. The molecule has 0 aromatic carbocycles. The van der Waals surface area contributed by atoms with Gasteiger partial charge < -0.3 is 20.9 Å². The summed E-state index contributed by atoms with van der Waals surface area (Å²) in [6, 6.07) is 0.659. The monoisotopic (exact) mass is 390 g/mol. The van der Waals surface area contributed by atoms with Crippen molar-refractivity contribution in [1.29, 1.82) is 0 Å². The molecule has 28 heavy (non-hydrogen) atoms. The van der Waals surface area contributed by atoms with E-state index in [-0.39, 0.29) is 6.04 Å². The standard InChI is InChI=1S/C24H42N2O2/c25-19-5-13-23(14-6-19)27-21-9-1-17(2-10-21)18-3-11-22(12-4-18)28-24-15-7-20(26)8-16-24/h5,13,17-24H,1-4,6-12,14-16,25-26H2. The van der Waals surface area contributed by atoms with Gasteiger partial charge in [-0.25, -0.2) is 0 Å². The Hall–Kier alpha value is -0.420. The zero-order valence-corrected chi connectivity index (χ0v) is 17.6. The average molecular weight is 391 g/mol. The molecule has 4 nitrogen and oxygen atoms in total. The molecule has 4 rings (SSSR count). The summed E-state index contributed by atoms with van der Waals surface area (Å²) in [5.74, 6) is 1.84. The zero-order valence-electron chi connectivity index (χ0n) is 17.6. The van der Waals surface area contributed by atoms with Crippen molar-refractivity contribution in [3.8, 4) is 0 Å². The van der Waals surface area contributed by atoms with Crippen LogP contribution in [0.2, 0.25) is 0 Å². The molecule has 4 N–H and O–H groups in total. The fourth-order valence-corrected chi connectivity index (χ4v) is 6.07. The van der Waals surface area contributed by atoms with Gasteiger partial charge in [0.1, 0.15) is 0 Å². The number of rotatable bonds is 5. The molecule has 0 aromatic rings. The second-order valence-electron chi connectivity index (χ2n) is 10.0. The summed E-state index contributed by atoms with van der Waals surface area (Å²) in [5.41, 5.74) is 12.0. The maximum Gasteiger partial charge on any atom is 0.0760 e. The Morgan fingerprint density at radius 2 is 1.00 bits per heavy atom. The summed E-state index contributed by atoms with van der Waals surface area (Å²) in [7, 11) is 0. The highest BCUT2D eigenvalue weighted by Gasteiger charge is 2.33. The fourth-order valence-electron chi connectivity index (χ4n) is 6.07. The second-order valence-corrected chi connectivity index (χ2v) is 10.0. The Morgan fingerprint density at radius 1 is 0.500 bits per heavy atom. The van der Waals surface area contributed by atoms with E-state index >= 15 is 0 Å². The van der Waals surface area contributed by atoms with Crippen LogP contribution in [0.3, 0.4) is 0 Å². The summed E-state index contributed by atoms with van der Waals surface area (Å²) in [5, 5.41) is 0. The topological polar surface area (TPSA) is 70.5 Å². The van der Waals surface area contributed by atoms with E-state index in [4.69, 9.17) is 20.9 Å². The zero-order chi connectivity index (χ0) is 19.3. The number of nitrogens with two attached hydrogens (primary N) is 2. The molecule has 160 valence electrons. The molecule has 0 heterocycles. The van der Waals surface area contributed by atoms with Crippen molar-refractivity contribution in [2.75, 3.05) is 0 Å². The largest absolute Gasteiger partial charge is 0.375 e. The van der Waals surface area contributed by atoms with E-state index in [0.29, 0.717) is 30.5 Å². The van der Waals surface area contributed by atoms with Crippen LogP contribution < -0.4 is 11.5 Å². The molecule has 2 atom stereocenters. The average Bonchev–Trinajstić information content (AvgIpc) is 2.73. The van der Waals surface area contributed by atoms with Crippen molar-refractivity contribution >= 4 is 0 Å². The molecule has 4 aliphatic carbocycles. The first-order valence-corrected chi connectivity index (χ1v) is 12.2. The maximum absolute atomic E-state index is 6.43. The van der Waals surface area contributed by atoms with Crippen molar-refractivity contribution < 1.29 is 9.47 Å². The SMILES string of the molecule is NC1C=CC(OC2CCC(C3CCC(OC4CCC(N)CC4)CC3)CC2)CC1. The van der Waals surface area contributed by atoms with Crippen molar-refractivity contribution in [1.82, 2.24) is 0 Å². The van der Waals surface area contributed by atoms with Crippen LogP contribution in [0.1, 0.15) is 89.9 Å². The lowest BCUT2D eigenvalue weighted by atomic mass is 9.72. The van der Waals surface area contributed by atoms with Crippen LogP contribution in [0.5, 0.6) is 0 Å². The lowest BCUT2D eigenvalue weighted by Crippen LogP contribution is -2.35. The number of ether oxygens (including phenoxy) is 2. The molecular formula is C24H42N2O2. The van der Waals surface area contributed by atoms with Crippen molar-refractivity contribution in [2.24, 2.45) is 23.3 Å². The minimum Gasteiger partial charge on any atom is -0.375 e. The van der Waals surface area contributed by atoms with Gasteiger partial charge in [-0.3, -0.25) is 0 Å². The molecule has 4 aliphatic rings. The quantitative estimate of drug-likeness (QED) is 0.680. The molecule has 2 unspecified atom stereocenters. The molecule has 0 aliphatic heterocycles. The first-order valence-electron chi connectivity index (χ1n) is 12.2. The Morgan fingerprint density at radius 3 is 1.50 bits per heavy atom. The van der Waals surface area contributed by atoms with E-state index in [9.17, 15) is 0 Å². The summed E-state index contributed by atoms with van der Waals surface area (Å²) in [6.45, 7) is 0. The van der Waals surface area contributed by atoms with Crippen LogP contribution in [0.15, 0.2) is 12.2 Å². The molecule has 0 saturated heterocycles. The van der Waals surface area contributed by atoms with Crippen LogP contribution in [0.4, 0.5) is 0 Å². The van der Waals surface area contributed by atoms with Crippen LogP contribution in [0, 0.1) is 11.8 Å². The summed E-state index contributed by atoms with van der Waals surface area (Å²) in [6.07, 6.45) is 23.4. The summed E-state index contributed by atoms with van der Waals surface area (Å²) < 4.78 is 12.8. The number of hydrogen-bond acceptors (Lipinski definition) is 4. The van der Waals surface area contributed by atoms with Crippen molar-refractivity contribution in [3.05, 3.63) is 12.2 Å². The van der Waals surface area contributed by atoms with Crippen molar-refractivity contribution in [3.63, 3.8) is 0 Å². The van der Waals surface area contributed by atoms with Crippen LogP contribution in [-0.4, -0.2) is 36.5 Å². The van der Waals surface area contributed by atoms with Gasteiger partial charge in [0.25, 0.3) is 0 Å². The highest BCUT2D eigenvalue weighted by molar-refractivity contribution is 5.02. The maximum atomic E-state index is 6.43. The van der Waals surface area contributed by atoms with Crippen molar-refractivity contribution in [2.45, 2.75) is 126 Å². The molecule has 3 saturated carbocycles. The van der Waals surface area contributed by atoms with E-state index in [1.165, 1.54) is 64.2 Å².